The molecule has 2 amide bonds. The lowest BCUT2D eigenvalue weighted by Gasteiger charge is -2.12. The normalized spacial score (nSPS) is 15.2. The van der Waals surface area contributed by atoms with Crippen LogP contribution in [0.3, 0.4) is 0 Å². The highest BCUT2D eigenvalue weighted by Crippen LogP contribution is 2.34. The maximum Gasteiger partial charge on any atom is 0.293 e. The number of ether oxygens (including phenoxy) is 1. The van der Waals surface area contributed by atoms with E-state index in [1.165, 1.54) is 4.90 Å². The average Bonchev–Trinajstić information content (AvgIpc) is 3.02. The number of rotatable bonds is 5. The van der Waals surface area contributed by atoms with E-state index in [1.807, 2.05) is 78.9 Å². The lowest BCUT2D eigenvalue weighted by Crippen LogP contribution is -2.27. The topological polar surface area (TPSA) is 46.6 Å². The zero-order chi connectivity index (χ0) is 20.2. The largest absolute Gasteiger partial charge is 0.497 e. The van der Waals surface area contributed by atoms with Crippen LogP contribution in [0, 0.1) is 0 Å². The molecule has 0 spiro atoms. The van der Waals surface area contributed by atoms with E-state index in [0.29, 0.717) is 4.91 Å². The van der Waals surface area contributed by atoms with Crippen molar-refractivity contribution in [2.45, 2.75) is 6.54 Å². The molecule has 0 unspecified atom stereocenters. The summed E-state index contributed by atoms with van der Waals surface area (Å²) in [4.78, 5) is 26.8. The van der Waals surface area contributed by atoms with Crippen molar-refractivity contribution in [1.29, 1.82) is 0 Å². The highest BCUT2D eigenvalue weighted by molar-refractivity contribution is 8.18. The lowest BCUT2D eigenvalue weighted by atomic mass is 10.0. The van der Waals surface area contributed by atoms with Gasteiger partial charge in [0.25, 0.3) is 11.1 Å². The van der Waals surface area contributed by atoms with Crippen molar-refractivity contribution in [2.24, 2.45) is 0 Å². The van der Waals surface area contributed by atoms with Gasteiger partial charge in [0.2, 0.25) is 0 Å². The summed E-state index contributed by atoms with van der Waals surface area (Å²) < 4.78 is 5.21. The number of hydrogen-bond donors (Lipinski definition) is 0. The fraction of sp³-hybridized carbons (Fsp3) is 0.0833. The number of benzene rings is 3. The lowest BCUT2D eigenvalue weighted by molar-refractivity contribution is -0.123. The molecule has 5 heteroatoms. The number of thioether (sulfide) groups is 1. The molecular formula is C24H19NO3S. The minimum Gasteiger partial charge on any atom is -0.497 e. The van der Waals surface area contributed by atoms with Gasteiger partial charge in [-0.15, -0.1) is 0 Å². The van der Waals surface area contributed by atoms with Crippen LogP contribution in [0.15, 0.2) is 83.8 Å². The average molecular weight is 401 g/mol. The van der Waals surface area contributed by atoms with Gasteiger partial charge in [-0.25, -0.2) is 0 Å². The minimum atomic E-state index is -0.251. The van der Waals surface area contributed by atoms with E-state index >= 15 is 0 Å². The summed E-state index contributed by atoms with van der Waals surface area (Å²) in [6.45, 7) is 0.286. The van der Waals surface area contributed by atoms with Gasteiger partial charge in [0.15, 0.2) is 0 Å². The van der Waals surface area contributed by atoms with Gasteiger partial charge in [-0.3, -0.25) is 14.5 Å². The number of methoxy groups -OCH3 is 1. The van der Waals surface area contributed by atoms with Crippen LogP contribution < -0.4 is 4.74 Å². The zero-order valence-corrected chi connectivity index (χ0v) is 16.7. The first kappa shape index (κ1) is 19.0. The summed E-state index contributed by atoms with van der Waals surface area (Å²) in [5.74, 6) is 0.552. The second kappa shape index (κ2) is 8.37. The highest BCUT2D eigenvalue weighted by Gasteiger charge is 2.34. The number of carbonyl (C=O) groups excluding carboxylic acids is 2. The molecule has 0 N–H and O–H groups in total. The van der Waals surface area contributed by atoms with Crippen LogP contribution >= 0.6 is 11.8 Å². The van der Waals surface area contributed by atoms with E-state index in [4.69, 9.17) is 4.74 Å². The van der Waals surface area contributed by atoms with Gasteiger partial charge in [-0.05, 0) is 58.3 Å². The molecule has 29 heavy (non-hydrogen) atoms. The van der Waals surface area contributed by atoms with Crippen molar-refractivity contribution in [1.82, 2.24) is 4.90 Å². The number of hydrogen-bond acceptors (Lipinski definition) is 4. The van der Waals surface area contributed by atoms with Crippen LogP contribution in [0.1, 0.15) is 11.1 Å². The third kappa shape index (κ3) is 4.25. The second-order valence-corrected chi connectivity index (χ2v) is 7.60. The van der Waals surface area contributed by atoms with Crippen molar-refractivity contribution >= 4 is 29.0 Å². The Labute approximate surface area is 173 Å². The molecule has 4 rings (SSSR count). The fourth-order valence-electron chi connectivity index (χ4n) is 3.15. The van der Waals surface area contributed by atoms with Gasteiger partial charge in [0.1, 0.15) is 5.75 Å². The fourth-order valence-corrected chi connectivity index (χ4v) is 3.98. The van der Waals surface area contributed by atoms with Crippen molar-refractivity contribution in [2.75, 3.05) is 7.11 Å². The summed E-state index contributed by atoms with van der Waals surface area (Å²) in [7, 11) is 1.64. The highest BCUT2D eigenvalue weighted by atomic mass is 32.2. The summed E-state index contributed by atoms with van der Waals surface area (Å²) in [6.07, 6.45) is 1.78. The molecule has 1 heterocycles. The Kier molecular flexibility index (Phi) is 5.49. The SMILES string of the molecule is COc1ccc(-c2cccc(/C=C3\SC(=O)N(Cc4ccccc4)C3=O)c2)cc1. The van der Waals surface area contributed by atoms with Crippen LogP contribution in [0.2, 0.25) is 0 Å². The van der Waals surface area contributed by atoms with Crippen molar-refractivity contribution in [3.63, 3.8) is 0 Å². The van der Waals surface area contributed by atoms with Gasteiger partial charge in [-0.2, -0.15) is 0 Å². The van der Waals surface area contributed by atoms with E-state index in [2.05, 4.69) is 0 Å². The van der Waals surface area contributed by atoms with Gasteiger partial charge in [0, 0.05) is 0 Å². The van der Waals surface area contributed by atoms with Gasteiger partial charge in [-0.1, -0.05) is 60.7 Å². The van der Waals surface area contributed by atoms with Crippen LogP contribution in [0.5, 0.6) is 5.75 Å². The molecule has 144 valence electrons. The zero-order valence-electron chi connectivity index (χ0n) is 15.9. The maximum atomic E-state index is 12.8. The van der Waals surface area contributed by atoms with Gasteiger partial charge in [0.05, 0.1) is 18.6 Å². The molecule has 0 aromatic heterocycles. The second-order valence-electron chi connectivity index (χ2n) is 6.61. The van der Waals surface area contributed by atoms with Crippen LogP contribution in [-0.4, -0.2) is 23.2 Å². The minimum absolute atomic E-state index is 0.239. The molecule has 1 aliphatic rings. The Hall–Kier alpha value is -3.31. The maximum absolute atomic E-state index is 12.8. The molecule has 1 saturated heterocycles. The van der Waals surface area contributed by atoms with E-state index in [9.17, 15) is 9.59 Å². The predicted octanol–water partition coefficient (Wildman–Crippen LogP) is 5.60. The van der Waals surface area contributed by atoms with E-state index in [0.717, 1.165) is 39.8 Å². The summed E-state index contributed by atoms with van der Waals surface area (Å²) in [5, 5.41) is -0.239. The van der Waals surface area contributed by atoms with Gasteiger partial charge >= 0.3 is 0 Å². The molecule has 0 radical (unpaired) electrons. The van der Waals surface area contributed by atoms with E-state index < -0.39 is 0 Å². The standard InChI is InChI=1S/C24H19NO3S/c1-28-21-12-10-19(11-13-21)20-9-5-8-18(14-20)15-22-23(26)25(24(27)29-22)16-17-6-3-2-4-7-17/h2-15H,16H2,1H3/b22-15-. The van der Waals surface area contributed by atoms with Crippen LogP contribution in [0.25, 0.3) is 17.2 Å². The van der Waals surface area contributed by atoms with Gasteiger partial charge < -0.3 is 4.74 Å². The van der Waals surface area contributed by atoms with E-state index in [1.54, 1.807) is 13.2 Å². The number of nitrogens with zero attached hydrogens (tertiary/aromatic N) is 1. The van der Waals surface area contributed by atoms with Crippen molar-refractivity contribution < 1.29 is 14.3 Å². The Morgan fingerprint density at radius 2 is 1.66 bits per heavy atom. The number of carbonyl (C=O) groups is 2. The molecule has 0 atom stereocenters. The smallest absolute Gasteiger partial charge is 0.293 e. The Bertz CT molecular complexity index is 1070. The monoisotopic (exact) mass is 401 g/mol. The molecule has 3 aromatic carbocycles. The third-order valence-corrected chi connectivity index (χ3v) is 5.57. The molecule has 1 fully saturated rings. The summed E-state index contributed by atoms with van der Waals surface area (Å²) in [5.41, 5.74) is 3.89. The third-order valence-electron chi connectivity index (χ3n) is 4.66. The first-order valence-corrected chi connectivity index (χ1v) is 9.99. The molecule has 0 saturated carbocycles. The quantitative estimate of drug-likeness (QED) is 0.522. The molecular weight excluding hydrogens is 382 g/mol. The molecule has 0 aliphatic carbocycles. The van der Waals surface area contributed by atoms with Crippen molar-refractivity contribution in [3.8, 4) is 16.9 Å². The number of imide groups is 1. The van der Waals surface area contributed by atoms with Crippen molar-refractivity contribution in [3.05, 3.63) is 94.9 Å². The Morgan fingerprint density at radius 3 is 2.38 bits per heavy atom. The molecule has 4 nitrogen and oxygen atoms in total. The number of amides is 2. The first-order chi connectivity index (χ1) is 14.1. The Morgan fingerprint density at radius 1 is 0.897 bits per heavy atom. The first-order valence-electron chi connectivity index (χ1n) is 9.18. The molecule has 0 bridgehead atoms. The van der Waals surface area contributed by atoms with Crippen LogP contribution in [-0.2, 0) is 11.3 Å². The van der Waals surface area contributed by atoms with E-state index in [-0.39, 0.29) is 17.7 Å². The molecule has 1 aliphatic heterocycles. The predicted molar refractivity (Wildman–Crippen MR) is 116 cm³/mol. The summed E-state index contributed by atoms with van der Waals surface area (Å²) in [6, 6.07) is 25.2. The molecule has 3 aromatic rings. The van der Waals surface area contributed by atoms with Crippen LogP contribution in [0.4, 0.5) is 4.79 Å². The Balaban J connectivity index is 1.56. The summed E-state index contributed by atoms with van der Waals surface area (Å²) >= 11 is 0.984.